The number of benzene rings is 3. The molecule has 0 spiro atoms. The number of carbonyl (C=O) groups excluding carboxylic acids is 1. The van der Waals surface area contributed by atoms with E-state index in [1.165, 1.54) is 0 Å². The van der Waals surface area contributed by atoms with Crippen LogP contribution in [0.2, 0.25) is 0 Å². The highest BCUT2D eigenvalue weighted by Crippen LogP contribution is 2.26. The van der Waals surface area contributed by atoms with Crippen LogP contribution in [0.1, 0.15) is 11.1 Å². The summed E-state index contributed by atoms with van der Waals surface area (Å²) in [5.74, 6) is 1.04. The predicted octanol–water partition coefficient (Wildman–Crippen LogP) is 4.62. The lowest BCUT2D eigenvalue weighted by Gasteiger charge is -2.23. The van der Waals surface area contributed by atoms with E-state index in [0.717, 1.165) is 16.8 Å². The van der Waals surface area contributed by atoms with Gasteiger partial charge >= 0.3 is 0 Å². The topological polar surface area (TPSA) is 38.8 Å². The fraction of sp³-hybridized carbons (Fsp3) is 0.174. The van der Waals surface area contributed by atoms with Crippen molar-refractivity contribution in [2.24, 2.45) is 0 Å². The van der Waals surface area contributed by atoms with E-state index in [0.29, 0.717) is 18.0 Å². The van der Waals surface area contributed by atoms with Gasteiger partial charge in [0.05, 0.1) is 13.7 Å². The van der Waals surface area contributed by atoms with Crippen LogP contribution >= 0.6 is 0 Å². The Morgan fingerprint density at radius 2 is 1.48 bits per heavy atom. The molecule has 3 rings (SSSR count). The summed E-state index contributed by atoms with van der Waals surface area (Å²) in [7, 11) is 1.58. The molecule has 0 aliphatic rings. The molecule has 4 heteroatoms. The van der Waals surface area contributed by atoms with Crippen molar-refractivity contribution in [2.75, 3.05) is 18.6 Å². The van der Waals surface area contributed by atoms with Gasteiger partial charge in [0.25, 0.3) is 5.91 Å². The summed E-state index contributed by atoms with van der Waals surface area (Å²) < 4.78 is 11.0. The molecule has 4 nitrogen and oxygen atoms in total. The van der Waals surface area contributed by atoms with Gasteiger partial charge < -0.3 is 14.4 Å². The molecule has 0 atom stereocenters. The lowest BCUT2D eigenvalue weighted by Crippen LogP contribution is -2.34. The van der Waals surface area contributed by atoms with Crippen molar-refractivity contribution < 1.29 is 14.3 Å². The molecule has 3 aromatic carbocycles. The minimum atomic E-state index is -0.117. The number of methoxy groups -OCH3 is 1. The summed E-state index contributed by atoms with van der Waals surface area (Å²) >= 11 is 0. The third kappa shape index (κ3) is 4.88. The van der Waals surface area contributed by atoms with E-state index >= 15 is 0 Å². The molecular weight excluding hydrogens is 338 g/mol. The van der Waals surface area contributed by atoms with Gasteiger partial charge in [-0.25, -0.2) is 0 Å². The van der Waals surface area contributed by atoms with Crippen LogP contribution < -0.4 is 14.4 Å². The maximum absolute atomic E-state index is 13.0. The summed E-state index contributed by atoms with van der Waals surface area (Å²) in [5, 5.41) is 0. The molecular formula is C23H23NO3. The highest BCUT2D eigenvalue weighted by molar-refractivity contribution is 5.94. The Hall–Kier alpha value is -3.27. The van der Waals surface area contributed by atoms with E-state index in [1.807, 2.05) is 79.7 Å². The maximum Gasteiger partial charge on any atom is 0.265 e. The van der Waals surface area contributed by atoms with Gasteiger partial charge in [0.15, 0.2) is 18.1 Å². The standard InChI is InChI=1S/C23H23NO3/c1-18-12-14-20(15-13-18)24(16-19-8-4-3-5-9-19)23(25)17-27-22-11-7-6-10-21(22)26-2/h3-15H,16-17H2,1-2H3. The highest BCUT2D eigenvalue weighted by Gasteiger charge is 2.18. The normalized spacial score (nSPS) is 10.3. The van der Waals surface area contributed by atoms with Gasteiger partial charge in [0.2, 0.25) is 0 Å². The number of nitrogens with zero attached hydrogens (tertiary/aromatic N) is 1. The van der Waals surface area contributed by atoms with Gasteiger partial charge in [-0.05, 0) is 36.8 Å². The summed E-state index contributed by atoms with van der Waals surface area (Å²) in [5.41, 5.74) is 3.05. The first-order valence-electron chi connectivity index (χ1n) is 8.84. The quantitative estimate of drug-likeness (QED) is 0.616. The largest absolute Gasteiger partial charge is 0.493 e. The number of ether oxygens (including phenoxy) is 2. The van der Waals surface area contributed by atoms with Gasteiger partial charge in [-0.1, -0.05) is 60.2 Å². The molecule has 0 unspecified atom stereocenters. The molecule has 0 bridgehead atoms. The summed E-state index contributed by atoms with van der Waals surface area (Å²) in [6, 6.07) is 25.2. The van der Waals surface area contributed by atoms with Crippen molar-refractivity contribution in [1.82, 2.24) is 0 Å². The SMILES string of the molecule is COc1ccccc1OCC(=O)N(Cc1ccccc1)c1ccc(C)cc1. The van der Waals surface area contributed by atoms with Crippen LogP contribution in [0.5, 0.6) is 11.5 Å². The minimum absolute atomic E-state index is 0.0684. The van der Waals surface area contributed by atoms with Crippen molar-refractivity contribution >= 4 is 11.6 Å². The molecule has 0 aromatic heterocycles. The van der Waals surface area contributed by atoms with Crippen LogP contribution in [0.3, 0.4) is 0 Å². The van der Waals surface area contributed by atoms with Gasteiger partial charge in [-0.3, -0.25) is 4.79 Å². The number of hydrogen-bond acceptors (Lipinski definition) is 3. The average Bonchev–Trinajstić information content (AvgIpc) is 2.72. The molecule has 0 saturated carbocycles. The van der Waals surface area contributed by atoms with E-state index in [4.69, 9.17) is 9.47 Å². The second-order valence-electron chi connectivity index (χ2n) is 6.24. The Bertz CT molecular complexity index is 876. The van der Waals surface area contributed by atoms with Gasteiger partial charge in [0, 0.05) is 5.69 Å². The van der Waals surface area contributed by atoms with Crippen molar-refractivity contribution in [3.63, 3.8) is 0 Å². The van der Waals surface area contributed by atoms with E-state index in [2.05, 4.69) is 0 Å². The zero-order valence-corrected chi connectivity index (χ0v) is 15.6. The van der Waals surface area contributed by atoms with Crippen LogP contribution in [0.25, 0.3) is 0 Å². The molecule has 1 amide bonds. The minimum Gasteiger partial charge on any atom is -0.493 e. The van der Waals surface area contributed by atoms with Crippen LogP contribution in [-0.4, -0.2) is 19.6 Å². The van der Waals surface area contributed by atoms with Crippen molar-refractivity contribution in [3.05, 3.63) is 90.0 Å². The second-order valence-corrected chi connectivity index (χ2v) is 6.24. The number of hydrogen-bond donors (Lipinski definition) is 0. The first-order valence-corrected chi connectivity index (χ1v) is 8.84. The van der Waals surface area contributed by atoms with Crippen LogP contribution in [-0.2, 0) is 11.3 Å². The van der Waals surface area contributed by atoms with Crippen LogP contribution in [0, 0.1) is 6.92 Å². The first-order chi connectivity index (χ1) is 13.2. The molecule has 0 aliphatic heterocycles. The van der Waals surface area contributed by atoms with E-state index in [9.17, 15) is 4.79 Å². The number of rotatable bonds is 7. The maximum atomic E-state index is 13.0. The first kappa shape index (κ1) is 18.5. The Morgan fingerprint density at radius 1 is 0.852 bits per heavy atom. The van der Waals surface area contributed by atoms with E-state index in [-0.39, 0.29) is 12.5 Å². The predicted molar refractivity (Wildman–Crippen MR) is 107 cm³/mol. The third-order valence-corrected chi connectivity index (χ3v) is 4.25. The average molecular weight is 361 g/mol. The van der Waals surface area contributed by atoms with Gasteiger partial charge in [-0.15, -0.1) is 0 Å². The molecule has 0 radical (unpaired) electrons. The van der Waals surface area contributed by atoms with Crippen LogP contribution in [0.4, 0.5) is 5.69 Å². The van der Waals surface area contributed by atoms with Crippen molar-refractivity contribution in [3.8, 4) is 11.5 Å². The molecule has 0 heterocycles. The Balaban J connectivity index is 1.78. The third-order valence-electron chi connectivity index (χ3n) is 4.25. The smallest absolute Gasteiger partial charge is 0.265 e. The molecule has 3 aromatic rings. The fourth-order valence-corrected chi connectivity index (χ4v) is 2.77. The molecule has 138 valence electrons. The van der Waals surface area contributed by atoms with Crippen molar-refractivity contribution in [1.29, 1.82) is 0 Å². The zero-order chi connectivity index (χ0) is 19.1. The number of aryl methyl sites for hydroxylation is 1. The molecule has 0 aliphatic carbocycles. The van der Waals surface area contributed by atoms with Gasteiger partial charge in [-0.2, -0.15) is 0 Å². The molecule has 0 saturated heterocycles. The van der Waals surface area contributed by atoms with Crippen LogP contribution in [0.15, 0.2) is 78.9 Å². The summed E-state index contributed by atoms with van der Waals surface area (Å²) in [6.45, 7) is 2.44. The van der Waals surface area contributed by atoms with E-state index in [1.54, 1.807) is 18.1 Å². The zero-order valence-electron chi connectivity index (χ0n) is 15.6. The monoisotopic (exact) mass is 361 g/mol. The lowest BCUT2D eigenvalue weighted by atomic mass is 10.1. The van der Waals surface area contributed by atoms with E-state index < -0.39 is 0 Å². The number of amides is 1. The second kappa shape index (κ2) is 8.90. The summed E-state index contributed by atoms with van der Waals surface area (Å²) in [4.78, 5) is 14.7. The molecule has 27 heavy (non-hydrogen) atoms. The Kier molecular flexibility index (Phi) is 6.10. The fourth-order valence-electron chi connectivity index (χ4n) is 2.77. The highest BCUT2D eigenvalue weighted by atomic mass is 16.5. The number of anilines is 1. The lowest BCUT2D eigenvalue weighted by molar-refractivity contribution is -0.120. The summed E-state index contributed by atoms with van der Waals surface area (Å²) in [6.07, 6.45) is 0. The Labute approximate surface area is 160 Å². The number of para-hydroxylation sites is 2. The molecule has 0 N–H and O–H groups in total. The van der Waals surface area contributed by atoms with Crippen molar-refractivity contribution in [2.45, 2.75) is 13.5 Å². The number of carbonyl (C=O) groups is 1. The van der Waals surface area contributed by atoms with Gasteiger partial charge in [0.1, 0.15) is 0 Å². The Morgan fingerprint density at radius 3 is 2.15 bits per heavy atom. The molecule has 0 fully saturated rings.